The number of benzene rings is 1. The molecule has 1 fully saturated rings. The van der Waals surface area contributed by atoms with E-state index in [0.717, 1.165) is 50.5 Å². The van der Waals surface area contributed by atoms with Gasteiger partial charge in [-0.3, -0.25) is 0 Å². The van der Waals surface area contributed by atoms with Crippen molar-refractivity contribution in [3.63, 3.8) is 0 Å². The summed E-state index contributed by atoms with van der Waals surface area (Å²) < 4.78 is 18.7. The van der Waals surface area contributed by atoms with Gasteiger partial charge in [0.2, 0.25) is 6.79 Å². The molecule has 1 unspecified atom stereocenters. The number of aryl methyl sites for hydroxylation is 1. The summed E-state index contributed by atoms with van der Waals surface area (Å²) in [6, 6.07) is 5.36. The van der Waals surface area contributed by atoms with Crippen LogP contribution in [-0.4, -0.2) is 47.0 Å². The summed E-state index contributed by atoms with van der Waals surface area (Å²) in [6.07, 6.45) is 3.06. The molecule has 1 atom stereocenters. The van der Waals surface area contributed by atoms with Gasteiger partial charge in [0.1, 0.15) is 5.82 Å². The molecular formula is C23H30N4O4. The molecule has 8 heteroatoms. The van der Waals surface area contributed by atoms with Crippen LogP contribution < -0.4 is 14.8 Å². The highest BCUT2D eigenvalue weighted by atomic mass is 16.7. The predicted octanol–water partition coefficient (Wildman–Crippen LogP) is 3.75. The van der Waals surface area contributed by atoms with Crippen LogP contribution in [0.2, 0.25) is 0 Å². The number of hydrogen-bond donors (Lipinski definition) is 1. The Bertz CT molecular complexity index is 965. The Labute approximate surface area is 182 Å². The highest BCUT2D eigenvalue weighted by Gasteiger charge is 2.31. The molecule has 8 nitrogen and oxygen atoms in total. The molecular weight excluding hydrogens is 396 g/mol. The average molecular weight is 427 g/mol. The van der Waals surface area contributed by atoms with Gasteiger partial charge in [0.05, 0.1) is 24.5 Å². The van der Waals surface area contributed by atoms with Crippen molar-refractivity contribution in [3.8, 4) is 11.5 Å². The second-order valence-electron chi connectivity index (χ2n) is 8.93. The summed E-state index contributed by atoms with van der Waals surface area (Å²) in [4.78, 5) is 19.9. The number of amides is 2. The Kier molecular flexibility index (Phi) is 5.48. The number of aromatic nitrogens is 2. The molecule has 3 aliphatic heterocycles. The van der Waals surface area contributed by atoms with Crippen molar-refractivity contribution < 1.29 is 19.0 Å². The lowest BCUT2D eigenvalue weighted by Gasteiger charge is -2.30. The van der Waals surface area contributed by atoms with Gasteiger partial charge in [-0.15, -0.1) is 0 Å². The van der Waals surface area contributed by atoms with E-state index in [1.807, 2.05) is 17.0 Å². The van der Waals surface area contributed by atoms with E-state index in [2.05, 4.69) is 23.7 Å². The number of carbonyl (C=O) groups is 1. The van der Waals surface area contributed by atoms with Crippen molar-refractivity contribution in [2.45, 2.75) is 52.1 Å². The fourth-order valence-electron chi connectivity index (χ4n) is 4.49. The molecule has 3 aliphatic rings. The van der Waals surface area contributed by atoms with Crippen molar-refractivity contribution in [1.29, 1.82) is 0 Å². The normalized spacial score (nSPS) is 19.7. The quantitative estimate of drug-likeness (QED) is 0.788. The molecule has 5 rings (SSSR count). The first kappa shape index (κ1) is 20.2. The smallest absolute Gasteiger partial charge is 0.322 e. The number of carbonyl (C=O) groups excluding carboxylic acids is 1. The Hall–Kier alpha value is -2.74. The number of urea groups is 1. The number of ether oxygens (including phenoxy) is 3. The van der Waals surface area contributed by atoms with Crippen molar-refractivity contribution in [3.05, 3.63) is 35.4 Å². The number of fused-ring (bicyclic) bond motifs is 2. The molecule has 1 N–H and O–H groups in total. The Morgan fingerprint density at radius 1 is 1.26 bits per heavy atom. The lowest BCUT2D eigenvalue weighted by atomic mass is 10.1. The largest absolute Gasteiger partial charge is 0.454 e. The van der Waals surface area contributed by atoms with Gasteiger partial charge in [0, 0.05) is 37.4 Å². The third-order valence-corrected chi connectivity index (χ3v) is 6.28. The SMILES string of the molecule is CC(C)CCc1nc(C2CCOC2)n2c1CN(C(=O)Nc1ccc3c(c1)OCO3)CC2. The molecule has 2 amide bonds. The van der Waals surface area contributed by atoms with E-state index in [9.17, 15) is 4.79 Å². The molecule has 1 saturated heterocycles. The fourth-order valence-corrected chi connectivity index (χ4v) is 4.49. The number of anilines is 1. The third-order valence-electron chi connectivity index (χ3n) is 6.28. The lowest BCUT2D eigenvalue weighted by molar-refractivity contribution is 0.174. The van der Waals surface area contributed by atoms with Crippen molar-refractivity contribution >= 4 is 11.7 Å². The van der Waals surface area contributed by atoms with Gasteiger partial charge in [0.15, 0.2) is 11.5 Å². The van der Waals surface area contributed by atoms with Crippen LogP contribution in [0.3, 0.4) is 0 Å². The number of rotatable bonds is 5. The standard InChI is InChI=1S/C23H30N4O4/c1-15(2)3-5-18-19-12-26(8-9-27(19)22(25-18)16-7-10-29-13-16)23(28)24-17-4-6-20-21(11-17)31-14-30-20/h4,6,11,15-16H,3,5,7-10,12-14H2,1-2H3,(H,24,28). The topological polar surface area (TPSA) is 77.9 Å². The van der Waals surface area contributed by atoms with Gasteiger partial charge < -0.3 is 29.0 Å². The van der Waals surface area contributed by atoms with Crippen LogP contribution in [0.5, 0.6) is 11.5 Å². The minimum atomic E-state index is -0.105. The van der Waals surface area contributed by atoms with E-state index in [0.29, 0.717) is 42.1 Å². The molecule has 0 saturated carbocycles. The van der Waals surface area contributed by atoms with Gasteiger partial charge in [-0.05, 0) is 37.3 Å². The van der Waals surface area contributed by atoms with Crippen molar-refractivity contribution in [2.24, 2.45) is 5.92 Å². The molecule has 4 heterocycles. The molecule has 166 valence electrons. The zero-order valence-corrected chi connectivity index (χ0v) is 18.2. The third kappa shape index (κ3) is 4.08. The maximum atomic E-state index is 13.0. The van der Waals surface area contributed by atoms with Crippen molar-refractivity contribution in [1.82, 2.24) is 14.5 Å². The second kappa shape index (κ2) is 8.42. The zero-order chi connectivity index (χ0) is 21.4. The van der Waals surface area contributed by atoms with Crippen LogP contribution in [0, 0.1) is 5.92 Å². The summed E-state index contributed by atoms with van der Waals surface area (Å²) in [5.74, 6) is 3.49. The molecule has 0 aliphatic carbocycles. The van der Waals surface area contributed by atoms with Crippen LogP contribution in [0.1, 0.15) is 49.8 Å². The summed E-state index contributed by atoms with van der Waals surface area (Å²) in [5, 5.41) is 3.01. The molecule has 2 aromatic rings. The van der Waals surface area contributed by atoms with Crippen LogP contribution in [0.25, 0.3) is 0 Å². The van der Waals surface area contributed by atoms with Gasteiger partial charge in [-0.25, -0.2) is 9.78 Å². The molecule has 1 aromatic carbocycles. The number of imidazole rings is 1. The van der Waals surface area contributed by atoms with Gasteiger partial charge >= 0.3 is 6.03 Å². The Morgan fingerprint density at radius 2 is 2.13 bits per heavy atom. The minimum Gasteiger partial charge on any atom is -0.454 e. The second-order valence-corrected chi connectivity index (χ2v) is 8.93. The van der Waals surface area contributed by atoms with Gasteiger partial charge in [-0.1, -0.05) is 13.8 Å². The number of nitrogens with zero attached hydrogens (tertiary/aromatic N) is 3. The van der Waals surface area contributed by atoms with E-state index in [-0.39, 0.29) is 12.8 Å². The van der Waals surface area contributed by atoms with Crippen LogP contribution >= 0.6 is 0 Å². The highest BCUT2D eigenvalue weighted by Crippen LogP contribution is 2.35. The zero-order valence-electron chi connectivity index (χ0n) is 18.2. The van der Waals surface area contributed by atoms with Crippen LogP contribution in [-0.2, 0) is 24.2 Å². The summed E-state index contributed by atoms with van der Waals surface area (Å²) in [5.41, 5.74) is 3.02. The lowest BCUT2D eigenvalue weighted by Crippen LogP contribution is -2.41. The summed E-state index contributed by atoms with van der Waals surface area (Å²) in [6.45, 7) is 8.24. The fraction of sp³-hybridized carbons (Fsp3) is 0.565. The van der Waals surface area contributed by atoms with Crippen molar-refractivity contribution in [2.75, 3.05) is 31.9 Å². The van der Waals surface area contributed by atoms with E-state index in [1.165, 1.54) is 5.69 Å². The Morgan fingerprint density at radius 3 is 2.94 bits per heavy atom. The maximum Gasteiger partial charge on any atom is 0.322 e. The predicted molar refractivity (Wildman–Crippen MR) is 116 cm³/mol. The highest BCUT2D eigenvalue weighted by molar-refractivity contribution is 5.89. The first-order valence-corrected chi connectivity index (χ1v) is 11.2. The summed E-state index contributed by atoms with van der Waals surface area (Å²) >= 11 is 0. The monoisotopic (exact) mass is 426 g/mol. The Balaban J connectivity index is 1.34. The number of hydrogen-bond acceptors (Lipinski definition) is 5. The van der Waals surface area contributed by atoms with Gasteiger partial charge in [0.25, 0.3) is 0 Å². The van der Waals surface area contributed by atoms with E-state index in [4.69, 9.17) is 19.2 Å². The molecule has 1 aromatic heterocycles. The number of nitrogens with one attached hydrogen (secondary N) is 1. The van der Waals surface area contributed by atoms with Gasteiger partial charge in [-0.2, -0.15) is 0 Å². The minimum absolute atomic E-state index is 0.105. The molecule has 0 spiro atoms. The molecule has 0 bridgehead atoms. The molecule has 0 radical (unpaired) electrons. The van der Waals surface area contributed by atoms with Crippen LogP contribution in [0.15, 0.2) is 18.2 Å². The van der Waals surface area contributed by atoms with Crippen LogP contribution in [0.4, 0.5) is 10.5 Å². The first-order chi connectivity index (χ1) is 15.1. The van der Waals surface area contributed by atoms with E-state index < -0.39 is 0 Å². The van der Waals surface area contributed by atoms with E-state index in [1.54, 1.807) is 6.07 Å². The molecule has 31 heavy (non-hydrogen) atoms. The maximum absolute atomic E-state index is 13.0. The summed E-state index contributed by atoms with van der Waals surface area (Å²) in [7, 11) is 0. The average Bonchev–Trinajstić information content (AvgIpc) is 3.50. The van der Waals surface area contributed by atoms with E-state index >= 15 is 0 Å². The first-order valence-electron chi connectivity index (χ1n) is 11.2.